The van der Waals surface area contributed by atoms with Crippen LogP contribution in [0.3, 0.4) is 0 Å². The summed E-state index contributed by atoms with van der Waals surface area (Å²) in [5.41, 5.74) is 3.74. The Hall–Kier alpha value is -2.93. The third-order valence-corrected chi connectivity index (χ3v) is 5.31. The zero-order valence-corrected chi connectivity index (χ0v) is 16.1. The Morgan fingerprint density at radius 2 is 1.78 bits per heavy atom. The quantitative estimate of drug-likeness (QED) is 0.396. The van der Waals surface area contributed by atoms with Gasteiger partial charge in [-0.3, -0.25) is 9.36 Å². The predicted molar refractivity (Wildman–Crippen MR) is 106 cm³/mol. The summed E-state index contributed by atoms with van der Waals surface area (Å²) >= 11 is 1.41. The molecule has 2 aromatic heterocycles. The van der Waals surface area contributed by atoms with E-state index < -0.39 is 0 Å². The molecule has 0 aliphatic carbocycles. The van der Waals surface area contributed by atoms with Gasteiger partial charge in [0.05, 0.1) is 16.7 Å². The molecule has 0 aliphatic heterocycles. The molecule has 4 rings (SSSR count). The Morgan fingerprint density at radius 1 is 1.04 bits per heavy atom. The second kappa shape index (κ2) is 7.00. The van der Waals surface area contributed by atoms with Gasteiger partial charge in [-0.05, 0) is 38.1 Å². The molecule has 0 atom stereocenters. The molecule has 0 bridgehead atoms. The van der Waals surface area contributed by atoms with Crippen LogP contribution in [0, 0.1) is 13.8 Å². The van der Waals surface area contributed by atoms with E-state index in [9.17, 15) is 4.79 Å². The Morgan fingerprint density at radius 3 is 2.56 bits per heavy atom. The number of hydrogen-bond donors (Lipinski definition) is 0. The molecule has 7 heteroatoms. The molecule has 0 spiro atoms. The molecular formula is C20H18N4O2S. The summed E-state index contributed by atoms with van der Waals surface area (Å²) in [6.07, 6.45) is 0. The average molecular weight is 378 g/mol. The highest BCUT2D eigenvalue weighted by atomic mass is 32.2. The topological polar surface area (TPSA) is 73.8 Å². The summed E-state index contributed by atoms with van der Waals surface area (Å²) in [4.78, 5) is 21.6. The minimum absolute atomic E-state index is 0.0559. The molecule has 2 heterocycles. The van der Waals surface area contributed by atoms with Gasteiger partial charge in [-0.25, -0.2) is 4.98 Å². The normalized spacial score (nSPS) is 11.2. The Kier molecular flexibility index (Phi) is 4.53. The lowest BCUT2D eigenvalue weighted by Crippen LogP contribution is -2.20. The SMILES string of the molecule is Cc1ccc(-c2nc(CSc3nc4ccc(C)cc4c(=O)n3C)no2)cc1. The first-order chi connectivity index (χ1) is 13.0. The third kappa shape index (κ3) is 3.50. The molecule has 0 N–H and O–H groups in total. The van der Waals surface area contributed by atoms with Crippen LogP contribution >= 0.6 is 11.8 Å². The highest BCUT2D eigenvalue weighted by molar-refractivity contribution is 7.98. The molecule has 0 radical (unpaired) electrons. The molecule has 0 saturated carbocycles. The van der Waals surface area contributed by atoms with Crippen molar-refractivity contribution in [2.45, 2.75) is 24.8 Å². The number of rotatable bonds is 4. The van der Waals surface area contributed by atoms with Crippen molar-refractivity contribution in [2.24, 2.45) is 7.05 Å². The van der Waals surface area contributed by atoms with Gasteiger partial charge in [0.25, 0.3) is 11.4 Å². The lowest BCUT2D eigenvalue weighted by atomic mass is 10.1. The molecule has 0 saturated heterocycles. The van der Waals surface area contributed by atoms with E-state index in [2.05, 4.69) is 15.1 Å². The smallest absolute Gasteiger partial charge is 0.261 e. The minimum Gasteiger partial charge on any atom is -0.334 e. The molecule has 0 fully saturated rings. The van der Waals surface area contributed by atoms with Crippen LogP contribution in [-0.2, 0) is 12.8 Å². The zero-order chi connectivity index (χ0) is 19.0. The van der Waals surface area contributed by atoms with E-state index in [0.29, 0.717) is 33.5 Å². The molecule has 136 valence electrons. The molecule has 27 heavy (non-hydrogen) atoms. The Bertz CT molecular complexity index is 1180. The fourth-order valence-corrected chi connectivity index (χ4v) is 3.56. The lowest BCUT2D eigenvalue weighted by molar-refractivity contribution is 0.425. The summed E-state index contributed by atoms with van der Waals surface area (Å²) < 4.78 is 6.92. The fraction of sp³-hybridized carbons (Fsp3) is 0.200. The van der Waals surface area contributed by atoms with Crippen molar-refractivity contribution in [3.05, 3.63) is 69.8 Å². The first-order valence-corrected chi connectivity index (χ1v) is 9.49. The molecule has 4 aromatic rings. The maximum absolute atomic E-state index is 12.6. The van der Waals surface area contributed by atoms with Crippen LogP contribution in [0.15, 0.2) is 56.9 Å². The van der Waals surface area contributed by atoms with Gasteiger partial charge in [0, 0.05) is 12.6 Å². The number of thioether (sulfide) groups is 1. The van der Waals surface area contributed by atoms with Crippen molar-refractivity contribution in [1.29, 1.82) is 0 Å². The van der Waals surface area contributed by atoms with Crippen molar-refractivity contribution in [3.8, 4) is 11.5 Å². The van der Waals surface area contributed by atoms with E-state index in [1.165, 1.54) is 17.3 Å². The molecule has 0 unspecified atom stereocenters. The van der Waals surface area contributed by atoms with Gasteiger partial charge in [-0.1, -0.05) is 46.2 Å². The van der Waals surface area contributed by atoms with Crippen molar-refractivity contribution < 1.29 is 4.52 Å². The average Bonchev–Trinajstić information content (AvgIpc) is 3.13. The number of benzene rings is 2. The minimum atomic E-state index is -0.0559. The van der Waals surface area contributed by atoms with E-state index in [0.717, 1.165) is 11.1 Å². The monoisotopic (exact) mass is 378 g/mol. The molecule has 0 amide bonds. The van der Waals surface area contributed by atoms with Gasteiger partial charge < -0.3 is 4.52 Å². The highest BCUT2D eigenvalue weighted by Gasteiger charge is 2.13. The van der Waals surface area contributed by atoms with Crippen LogP contribution in [0.5, 0.6) is 0 Å². The summed E-state index contributed by atoms with van der Waals surface area (Å²) in [6.45, 7) is 3.99. The molecular weight excluding hydrogens is 360 g/mol. The van der Waals surface area contributed by atoms with Gasteiger partial charge in [-0.2, -0.15) is 4.98 Å². The standard InChI is InChI=1S/C20H18N4O2S/c1-12-4-7-14(8-5-12)18-22-17(23-26-18)11-27-20-21-16-9-6-13(2)10-15(16)19(25)24(20)3/h4-10H,11H2,1-3H3. The van der Waals surface area contributed by atoms with Crippen molar-refractivity contribution >= 4 is 22.7 Å². The van der Waals surface area contributed by atoms with Gasteiger partial charge in [0.15, 0.2) is 11.0 Å². The van der Waals surface area contributed by atoms with E-state index >= 15 is 0 Å². The lowest BCUT2D eigenvalue weighted by Gasteiger charge is -2.08. The van der Waals surface area contributed by atoms with Crippen LogP contribution in [-0.4, -0.2) is 19.7 Å². The maximum Gasteiger partial charge on any atom is 0.261 e. The van der Waals surface area contributed by atoms with Crippen LogP contribution < -0.4 is 5.56 Å². The number of nitrogens with zero attached hydrogens (tertiary/aromatic N) is 4. The maximum atomic E-state index is 12.6. The molecule has 6 nitrogen and oxygen atoms in total. The number of aromatic nitrogens is 4. The number of aryl methyl sites for hydroxylation is 2. The summed E-state index contributed by atoms with van der Waals surface area (Å²) in [7, 11) is 1.73. The van der Waals surface area contributed by atoms with Crippen molar-refractivity contribution in [3.63, 3.8) is 0 Å². The number of hydrogen-bond acceptors (Lipinski definition) is 6. The Labute approximate surface area is 160 Å². The third-order valence-electron chi connectivity index (χ3n) is 4.29. The second-order valence-electron chi connectivity index (χ2n) is 6.45. The van der Waals surface area contributed by atoms with Gasteiger partial charge in [-0.15, -0.1) is 0 Å². The van der Waals surface area contributed by atoms with Crippen molar-refractivity contribution in [2.75, 3.05) is 0 Å². The summed E-state index contributed by atoms with van der Waals surface area (Å²) in [5.74, 6) is 1.52. The van der Waals surface area contributed by atoms with E-state index in [1.54, 1.807) is 11.6 Å². The van der Waals surface area contributed by atoms with Gasteiger partial charge in [0.1, 0.15) is 0 Å². The van der Waals surface area contributed by atoms with E-state index in [1.807, 2.05) is 56.3 Å². The zero-order valence-electron chi connectivity index (χ0n) is 15.3. The Balaban J connectivity index is 1.57. The summed E-state index contributed by atoms with van der Waals surface area (Å²) in [6, 6.07) is 13.6. The first kappa shape index (κ1) is 17.5. The summed E-state index contributed by atoms with van der Waals surface area (Å²) in [5, 5.41) is 5.29. The van der Waals surface area contributed by atoms with Crippen LogP contribution in [0.25, 0.3) is 22.4 Å². The molecule has 2 aromatic carbocycles. The first-order valence-electron chi connectivity index (χ1n) is 8.51. The largest absolute Gasteiger partial charge is 0.334 e. The van der Waals surface area contributed by atoms with E-state index in [-0.39, 0.29) is 5.56 Å². The van der Waals surface area contributed by atoms with Crippen LogP contribution in [0.1, 0.15) is 17.0 Å². The highest BCUT2D eigenvalue weighted by Crippen LogP contribution is 2.23. The van der Waals surface area contributed by atoms with Crippen LogP contribution in [0.4, 0.5) is 0 Å². The second-order valence-corrected chi connectivity index (χ2v) is 7.39. The number of fused-ring (bicyclic) bond motifs is 1. The fourth-order valence-electron chi connectivity index (χ4n) is 2.75. The van der Waals surface area contributed by atoms with Gasteiger partial charge >= 0.3 is 0 Å². The van der Waals surface area contributed by atoms with Crippen molar-refractivity contribution in [1.82, 2.24) is 19.7 Å². The van der Waals surface area contributed by atoms with Crippen LogP contribution in [0.2, 0.25) is 0 Å². The van der Waals surface area contributed by atoms with Gasteiger partial charge in [0.2, 0.25) is 0 Å². The molecule has 0 aliphatic rings. The predicted octanol–water partition coefficient (Wildman–Crippen LogP) is 3.89. The van der Waals surface area contributed by atoms with E-state index in [4.69, 9.17) is 4.52 Å².